The molecule has 1 aromatic carbocycles. The Bertz CT molecular complexity index is 515. The monoisotopic (exact) mass is 276 g/mol. The van der Waals surface area contributed by atoms with E-state index >= 15 is 0 Å². The number of sulfonamides is 1. The number of hydrogen-bond acceptors (Lipinski definition) is 5. The lowest BCUT2D eigenvalue weighted by Gasteiger charge is -2.02. The SMILES string of the molecule is CNS(=O)(=O)c1ccc(C#N)c(Cl)c1.OBO. The van der Waals surface area contributed by atoms with Crippen LogP contribution in [-0.2, 0) is 10.0 Å². The Morgan fingerprint density at radius 3 is 2.35 bits per heavy atom. The maximum atomic E-state index is 11.3. The van der Waals surface area contributed by atoms with Gasteiger partial charge in [-0.2, -0.15) is 5.26 Å². The molecular formula is C8H10BClN2O4S. The molecule has 0 aliphatic rings. The molecule has 0 spiro atoms. The number of benzene rings is 1. The molecule has 0 amide bonds. The van der Waals surface area contributed by atoms with Crippen LogP contribution in [0.5, 0.6) is 0 Å². The molecule has 1 aromatic rings. The van der Waals surface area contributed by atoms with Crippen molar-refractivity contribution in [2.45, 2.75) is 4.90 Å². The van der Waals surface area contributed by atoms with E-state index < -0.39 is 17.7 Å². The van der Waals surface area contributed by atoms with Crippen LogP contribution in [0, 0.1) is 11.3 Å². The summed E-state index contributed by atoms with van der Waals surface area (Å²) in [6.45, 7) is 0. The minimum absolute atomic E-state index is 0.0454. The highest BCUT2D eigenvalue weighted by Gasteiger charge is 2.12. The first-order valence-electron chi connectivity index (χ1n) is 4.27. The van der Waals surface area contributed by atoms with Gasteiger partial charge in [-0.15, -0.1) is 0 Å². The molecule has 0 atom stereocenters. The van der Waals surface area contributed by atoms with Gasteiger partial charge >= 0.3 is 7.69 Å². The van der Waals surface area contributed by atoms with Gasteiger partial charge in [0, 0.05) is 0 Å². The van der Waals surface area contributed by atoms with E-state index in [1.165, 1.54) is 25.2 Å². The van der Waals surface area contributed by atoms with E-state index in [-0.39, 0.29) is 15.5 Å². The van der Waals surface area contributed by atoms with Crippen LogP contribution in [-0.4, -0.2) is 33.2 Å². The van der Waals surface area contributed by atoms with Crippen molar-refractivity contribution in [3.05, 3.63) is 28.8 Å². The Morgan fingerprint density at radius 2 is 2.00 bits per heavy atom. The fourth-order valence-corrected chi connectivity index (χ4v) is 1.91. The minimum Gasteiger partial charge on any atom is -0.430 e. The summed E-state index contributed by atoms with van der Waals surface area (Å²) < 4.78 is 24.8. The summed E-state index contributed by atoms with van der Waals surface area (Å²) in [5.74, 6) is 0. The summed E-state index contributed by atoms with van der Waals surface area (Å²) in [5.41, 5.74) is 0.252. The molecule has 92 valence electrons. The number of nitrogens with zero attached hydrogens (tertiary/aromatic N) is 1. The highest BCUT2D eigenvalue weighted by atomic mass is 35.5. The lowest BCUT2D eigenvalue weighted by molar-refractivity contribution is 0.448. The summed E-state index contributed by atoms with van der Waals surface area (Å²) in [4.78, 5) is 0.0454. The number of hydrogen-bond donors (Lipinski definition) is 3. The van der Waals surface area contributed by atoms with Gasteiger partial charge < -0.3 is 10.0 Å². The van der Waals surface area contributed by atoms with Crippen LogP contribution in [0.3, 0.4) is 0 Å². The Morgan fingerprint density at radius 1 is 1.47 bits per heavy atom. The van der Waals surface area contributed by atoms with Gasteiger partial charge in [0.15, 0.2) is 0 Å². The Hall–Kier alpha value is -1.11. The molecule has 0 fully saturated rings. The Balaban J connectivity index is 0.000000770. The summed E-state index contributed by atoms with van der Waals surface area (Å²) in [5, 5.41) is 22.9. The standard InChI is InChI=1S/C8H7ClN2O2S.BH3O2/c1-11-14(12,13)7-3-2-6(5-10)8(9)4-7;2-1-3/h2-4,11H,1H3;1-3H. The number of nitrogens with one attached hydrogen (secondary N) is 1. The first-order valence-corrected chi connectivity index (χ1v) is 6.14. The van der Waals surface area contributed by atoms with Gasteiger partial charge in [-0.25, -0.2) is 13.1 Å². The summed E-state index contributed by atoms with van der Waals surface area (Å²) in [6.07, 6.45) is 0. The predicted octanol–water partition coefficient (Wildman–Crippen LogP) is -0.643. The van der Waals surface area contributed by atoms with Crippen LogP contribution < -0.4 is 4.72 Å². The third-order valence-corrected chi connectivity index (χ3v) is 3.36. The van der Waals surface area contributed by atoms with Crippen LogP contribution in [0.4, 0.5) is 0 Å². The normalized spacial score (nSPS) is 9.82. The number of nitriles is 1. The topological polar surface area (TPSA) is 110 Å². The third-order valence-electron chi connectivity index (χ3n) is 1.64. The quantitative estimate of drug-likeness (QED) is 0.622. The van der Waals surface area contributed by atoms with Crippen molar-refractivity contribution in [2.75, 3.05) is 7.05 Å². The first kappa shape index (κ1) is 15.9. The van der Waals surface area contributed by atoms with Gasteiger partial charge in [-0.05, 0) is 25.2 Å². The molecule has 0 bridgehead atoms. The molecule has 9 heteroatoms. The van der Waals surface area contributed by atoms with Gasteiger partial charge in [0.1, 0.15) is 6.07 Å². The lowest BCUT2D eigenvalue weighted by Crippen LogP contribution is -2.18. The summed E-state index contributed by atoms with van der Waals surface area (Å²) >= 11 is 5.68. The van der Waals surface area contributed by atoms with Crippen LogP contribution in [0.15, 0.2) is 23.1 Å². The van der Waals surface area contributed by atoms with Crippen molar-refractivity contribution < 1.29 is 18.5 Å². The fraction of sp³-hybridized carbons (Fsp3) is 0.125. The minimum atomic E-state index is -3.49. The molecule has 3 N–H and O–H groups in total. The second-order valence-corrected chi connectivity index (χ2v) is 4.90. The molecule has 0 aliphatic carbocycles. The smallest absolute Gasteiger partial charge is 0.430 e. The van der Waals surface area contributed by atoms with E-state index in [0.29, 0.717) is 0 Å². The van der Waals surface area contributed by atoms with Gasteiger partial charge in [0.2, 0.25) is 10.0 Å². The molecule has 17 heavy (non-hydrogen) atoms. The fourth-order valence-electron chi connectivity index (χ4n) is 0.872. The molecule has 0 saturated carbocycles. The van der Waals surface area contributed by atoms with Crippen LogP contribution in [0.1, 0.15) is 5.56 Å². The van der Waals surface area contributed by atoms with Gasteiger partial charge in [0.25, 0.3) is 0 Å². The van der Waals surface area contributed by atoms with Crippen molar-refractivity contribution in [3.63, 3.8) is 0 Å². The van der Waals surface area contributed by atoms with E-state index in [2.05, 4.69) is 4.72 Å². The summed E-state index contributed by atoms with van der Waals surface area (Å²) in [6, 6.07) is 5.78. The molecule has 0 heterocycles. The van der Waals surface area contributed by atoms with Crippen molar-refractivity contribution in [1.82, 2.24) is 4.72 Å². The molecule has 0 aliphatic heterocycles. The average Bonchev–Trinajstić information content (AvgIpc) is 2.30. The van der Waals surface area contributed by atoms with Gasteiger partial charge in [-0.3, -0.25) is 0 Å². The highest BCUT2D eigenvalue weighted by molar-refractivity contribution is 7.89. The van der Waals surface area contributed by atoms with Crippen LogP contribution >= 0.6 is 11.6 Å². The molecule has 0 aromatic heterocycles. The zero-order valence-corrected chi connectivity index (χ0v) is 10.5. The Labute approximate surface area is 105 Å². The predicted molar refractivity (Wildman–Crippen MR) is 64.0 cm³/mol. The van der Waals surface area contributed by atoms with E-state index in [9.17, 15) is 8.42 Å². The van der Waals surface area contributed by atoms with Crippen LogP contribution in [0.2, 0.25) is 5.02 Å². The molecular weight excluding hydrogens is 266 g/mol. The van der Waals surface area contributed by atoms with Crippen LogP contribution in [0.25, 0.3) is 0 Å². The lowest BCUT2D eigenvalue weighted by atomic mass is 10.2. The van der Waals surface area contributed by atoms with E-state index in [0.717, 1.165) is 0 Å². The molecule has 0 saturated heterocycles. The van der Waals surface area contributed by atoms with Crippen molar-refractivity contribution in [1.29, 1.82) is 5.26 Å². The van der Waals surface area contributed by atoms with Crippen molar-refractivity contribution in [3.8, 4) is 6.07 Å². The average molecular weight is 277 g/mol. The first-order chi connectivity index (χ1) is 7.92. The van der Waals surface area contributed by atoms with Gasteiger partial charge in [0.05, 0.1) is 15.5 Å². The summed E-state index contributed by atoms with van der Waals surface area (Å²) in [7, 11) is -2.93. The molecule has 0 unspecified atom stereocenters. The highest BCUT2D eigenvalue weighted by Crippen LogP contribution is 2.19. The van der Waals surface area contributed by atoms with Crippen molar-refractivity contribution in [2.24, 2.45) is 0 Å². The maximum absolute atomic E-state index is 11.3. The zero-order valence-electron chi connectivity index (χ0n) is 8.88. The maximum Gasteiger partial charge on any atom is 0.432 e. The molecule has 6 nitrogen and oxygen atoms in total. The van der Waals surface area contributed by atoms with Gasteiger partial charge in [-0.1, -0.05) is 11.6 Å². The largest absolute Gasteiger partial charge is 0.432 e. The second-order valence-electron chi connectivity index (χ2n) is 2.60. The van der Waals surface area contributed by atoms with E-state index in [4.69, 9.17) is 26.9 Å². The van der Waals surface area contributed by atoms with Crippen molar-refractivity contribution >= 4 is 29.3 Å². The number of rotatable bonds is 2. The second kappa shape index (κ2) is 7.27. The number of halogens is 1. The molecule has 1 rings (SSSR count). The Kier molecular flexibility index (Phi) is 6.79. The third kappa shape index (κ3) is 4.72. The zero-order chi connectivity index (χ0) is 13.5. The molecule has 0 radical (unpaired) electrons. The van der Waals surface area contributed by atoms with E-state index in [1.807, 2.05) is 6.07 Å². The van der Waals surface area contributed by atoms with E-state index in [1.54, 1.807) is 0 Å².